The molecule has 1 aromatic heterocycles. The van der Waals surface area contributed by atoms with Gasteiger partial charge in [0.15, 0.2) is 0 Å². The summed E-state index contributed by atoms with van der Waals surface area (Å²) < 4.78 is 5.39. The number of fused-ring (bicyclic) bond motifs is 1. The number of halogens is 1. The number of pyridine rings is 1. The van der Waals surface area contributed by atoms with Gasteiger partial charge in [-0.3, -0.25) is 0 Å². The summed E-state index contributed by atoms with van der Waals surface area (Å²) in [6, 6.07) is 8.36. The lowest BCUT2D eigenvalue weighted by molar-refractivity contribution is 0.420. The minimum atomic E-state index is 0.351. The molecule has 0 bridgehead atoms. The number of nitrogens with one attached hydrogen (secondary N) is 1. The highest BCUT2D eigenvalue weighted by atomic mass is 79.9. The van der Waals surface area contributed by atoms with Crippen molar-refractivity contribution in [3.8, 4) is 5.75 Å². The molecule has 1 heterocycles. The van der Waals surface area contributed by atoms with Crippen molar-refractivity contribution in [3.05, 3.63) is 30.5 Å². The van der Waals surface area contributed by atoms with E-state index in [0.717, 1.165) is 27.7 Å². The molecule has 2 atom stereocenters. The molecule has 1 N–H and O–H groups in total. The predicted molar refractivity (Wildman–Crippen MR) is 84.3 cm³/mol. The Labute approximate surface area is 122 Å². The Morgan fingerprint density at radius 3 is 2.74 bits per heavy atom. The molecule has 2 unspecified atom stereocenters. The van der Waals surface area contributed by atoms with Crippen LogP contribution in [0.2, 0.25) is 0 Å². The largest absolute Gasteiger partial charge is 0.496 e. The SMILES string of the molecule is COc1cccc2c(NC(C)C(C)CBr)nccc12. The van der Waals surface area contributed by atoms with E-state index in [0.29, 0.717) is 12.0 Å². The molecule has 4 heteroatoms. The number of nitrogens with zero attached hydrogens (tertiary/aromatic N) is 1. The fourth-order valence-corrected chi connectivity index (χ4v) is 2.52. The summed E-state index contributed by atoms with van der Waals surface area (Å²) in [6.45, 7) is 4.38. The number of alkyl halides is 1. The Balaban J connectivity index is 2.39. The summed E-state index contributed by atoms with van der Waals surface area (Å²) in [5, 5.41) is 6.64. The number of rotatable bonds is 5. The van der Waals surface area contributed by atoms with Crippen LogP contribution in [0.1, 0.15) is 13.8 Å². The second-order valence-corrected chi connectivity index (χ2v) is 5.43. The maximum absolute atomic E-state index is 5.39. The first kappa shape index (κ1) is 14.1. The van der Waals surface area contributed by atoms with Crippen LogP contribution in [0.25, 0.3) is 10.8 Å². The van der Waals surface area contributed by atoms with Gasteiger partial charge in [-0.2, -0.15) is 0 Å². The minimum Gasteiger partial charge on any atom is -0.496 e. The fourth-order valence-electron chi connectivity index (χ4n) is 1.96. The molecule has 1 aromatic carbocycles. The molecule has 0 saturated carbocycles. The fraction of sp³-hybridized carbons (Fsp3) is 0.400. The highest BCUT2D eigenvalue weighted by Crippen LogP contribution is 2.29. The lowest BCUT2D eigenvalue weighted by Crippen LogP contribution is -2.25. The summed E-state index contributed by atoms with van der Waals surface area (Å²) >= 11 is 3.52. The van der Waals surface area contributed by atoms with Crippen molar-refractivity contribution in [2.45, 2.75) is 19.9 Å². The molecule has 0 saturated heterocycles. The third-order valence-electron chi connectivity index (χ3n) is 3.45. The van der Waals surface area contributed by atoms with Crippen LogP contribution < -0.4 is 10.1 Å². The van der Waals surface area contributed by atoms with Crippen molar-refractivity contribution >= 4 is 32.5 Å². The molecule has 0 amide bonds. The monoisotopic (exact) mass is 322 g/mol. The average Bonchev–Trinajstić information content (AvgIpc) is 2.46. The van der Waals surface area contributed by atoms with E-state index in [4.69, 9.17) is 4.74 Å². The van der Waals surface area contributed by atoms with Gasteiger partial charge in [0.25, 0.3) is 0 Å². The van der Waals surface area contributed by atoms with Gasteiger partial charge in [-0.05, 0) is 25.0 Å². The Kier molecular flexibility index (Phi) is 4.64. The second kappa shape index (κ2) is 6.24. The molecule has 0 aliphatic rings. The minimum absolute atomic E-state index is 0.351. The van der Waals surface area contributed by atoms with E-state index in [2.05, 4.69) is 46.1 Å². The van der Waals surface area contributed by atoms with Crippen LogP contribution in [-0.2, 0) is 0 Å². The van der Waals surface area contributed by atoms with Gasteiger partial charge in [-0.25, -0.2) is 4.98 Å². The molecule has 0 fully saturated rings. The van der Waals surface area contributed by atoms with Crippen molar-refractivity contribution in [3.63, 3.8) is 0 Å². The number of aromatic nitrogens is 1. The highest BCUT2D eigenvalue weighted by Gasteiger charge is 2.13. The zero-order valence-corrected chi connectivity index (χ0v) is 13.1. The van der Waals surface area contributed by atoms with E-state index < -0.39 is 0 Å². The number of benzene rings is 1. The smallest absolute Gasteiger partial charge is 0.134 e. The Hall–Kier alpha value is -1.29. The molecule has 0 radical (unpaired) electrons. The van der Waals surface area contributed by atoms with Crippen LogP contribution in [0.15, 0.2) is 30.5 Å². The van der Waals surface area contributed by atoms with E-state index in [-0.39, 0.29) is 0 Å². The van der Waals surface area contributed by atoms with Gasteiger partial charge in [0, 0.05) is 28.3 Å². The molecular formula is C15H19BrN2O. The molecule has 0 aliphatic carbocycles. The first-order valence-corrected chi connectivity index (χ1v) is 7.53. The second-order valence-electron chi connectivity index (χ2n) is 4.78. The average molecular weight is 323 g/mol. The molecular weight excluding hydrogens is 304 g/mol. The van der Waals surface area contributed by atoms with E-state index in [1.54, 1.807) is 7.11 Å². The Morgan fingerprint density at radius 1 is 1.26 bits per heavy atom. The lowest BCUT2D eigenvalue weighted by Gasteiger charge is -2.21. The van der Waals surface area contributed by atoms with Gasteiger partial charge in [0.2, 0.25) is 0 Å². The van der Waals surface area contributed by atoms with E-state index >= 15 is 0 Å². The summed E-state index contributed by atoms with van der Waals surface area (Å²) in [5.74, 6) is 2.32. The molecule has 2 aromatic rings. The highest BCUT2D eigenvalue weighted by molar-refractivity contribution is 9.09. The maximum Gasteiger partial charge on any atom is 0.134 e. The van der Waals surface area contributed by atoms with Gasteiger partial charge in [0.05, 0.1) is 7.11 Å². The third kappa shape index (κ3) is 3.00. The predicted octanol–water partition coefficient (Wildman–Crippen LogP) is 4.07. The van der Waals surface area contributed by atoms with E-state index in [1.165, 1.54) is 0 Å². The van der Waals surface area contributed by atoms with Crippen molar-refractivity contribution < 1.29 is 4.74 Å². The molecule has 0 aliphatic heterocycles. The molecule has 2 rings (SSSR count). The van der Waals surface area contributed by atoms with Crippen LogP contribution in [0.4, 0.5) is 5.82 Å². The van der Waals surface area contributed by atoms with Gasteiger partial charge in [0.1, 0.15) is 11.6 Å². The first-order valence-electron chi connectivity index (χ1n) is 6.41. The summed E-state index contributed by atoms with van der Waals surface area (Å²) in [4.78, 5) is 4.46. The quantitative estimate of drug-likeness (QED) is 0.842. The maximum atomic E-state index is 5.39. The third-order valence-corrected chi connectivity index (χ3v) is 4.47. The molecule has 0 spiro atoms. The number of anilines is 1. The topological polar surface area (TPSA) is 34.1 Å². The first-order chi connectivity index (χ1) is 9.17. The van der Waals surface area contributed by atoms with E-state index in [9.17, 15) is 0 Å². The molecule has 3 nitrogen and oxygen atoms in total. The van der Waals surface area contributed by atoms with Gasteiger partial charge < -0.3 is 10.1 Å². The zero-order valence-electron chi connectivity index (χ0n) is 11.5. The van der Waals surface area contributed by atoms with Crippen LogP contribution >= 0.6 is 15.9 Å². The Morgan fingerprint density at radius 2 is 2.05 bits per heavy atom. The molecule has 19 heavy (non-hydrogen) atoms. The van der Waals surface area contributed by atoms with Crippen molar-refractivity contribution in [1.29, 1.82) is 0 Å². The zero-order chi connectivity index (χ0) is 13.8. The lowest BCUT2D eigenvalue weighted by atomic mass is 10.1. The van der Waals surface area contributed by atoms with Crippen molar-refractivity contribution in [2.75, 3.05) is 17.8 Å². The van der Waals surface area contributed by atoms with Crippen LogP contribution in [0, 0.1) is 5.92 Å². The number of hydrogen-bond acceptors (Lipinski definition) is 3. The van der Waals surface area contributed by atoms with Crippen LogP contribution in [0.5, 0.6) is 5.75 Å². The van der Waals surface area contributed by atoms with Gasteiger partial charge >= 0.3 is 0 Å². The van der Waals surface area contributed by atoms with Crippen molar-refractivity contribution in [1.82, 2.24) is 4.98 Å². The number of ether oxygens (including phenoxy) is 1. The summed E-state index contributed by atoms with van der Waals surface area (Å²) in [6.07, 6.45) is 1.82. The normalized spacial score (nSPS) is 14.1. The van der Waals surface area contributed by atoms with E-state index in [1.807, 2.05) is 24.4 Å². The van der Waals surface area contributed by atoms with Crippen molar-refractivity contribution in [2.24, 2.45) is 5.92 Å². The van der Waals surface area contributed by atoms with Crippen LogP contribution in [0.3, 0.4) is 0 Å². The molecule has 102 valence electrons. The van der Waals surface area contributed by atoms with Crippen LogP contribution in [-0.4, -0.2) is 23.5 Å². The van der Waals surface area contributed by atoms with Gasteiger partial charge in [-0.1, -0.05) is 35.0 Å². The summed E-state index contributed by atoms with van der Waals surface area (Å²) in [7, 11) is 1.69. The number of hydrogen-bond donors (Lipinski definition) is 1. The standard InChI is InChI=1S/C15H19BrN2O/c1-10(9-16)11(2)18-15-13-5-4-6-14(19-3)12(13)7-8-17-15/h4-8,10-11H,9H2,1-3H3,(H,17,18). The summed E-state index contributed by atoms with van der Waals surface area (Å²) in [5.41, 5.74) is 0. The number of methoxy groups -OCH3 is 1. The van der Waals surface area contributed by atoms with Gasteiger partial charge in [-0.15, -0.1) is 0 Å². The Bertz CT molecular complexity index is 559.